The lowest BCUT2D eigenvalue weighted by Crippen LogP contribution is -2.30. The third-order valence-electron chi connectivity index (χ3n) is 3.47. The van der Waals surface area contributed by atoms with Crippen molar-refractivity contribution in [2.75, 3.05) is 37.4 Å². The number of aromatic nitrogens is 2. The molecule has 0 aliphatic rings. The molecule has 1 amide bonds. The van der Waals surface area contributed by atoms with Gasteiger partial charge in [-0.1, -0.05) is 0 Å². The molecule has 10 heteroatoms. The Morgan fingerprint density at radius 2 is 1.85 bits per heavy atom. The lowest BCUT2D eigenvalue weighted by atomic mass is 10.1. The molecule has 1 heterocycles. The van der Waals surface area contributed by atoms with Gasteiger partial charge < -0.3 is 20.7 Å². The first-order chi connectivity index (χ1) is 12.9. The largest absolute Gasteiger partial charge is 0.491 e. The van der Waals surface area contributed by atoms with E-state index < -0.39 is 34.7 Å². The van der Waals surface area contributed by atoms with E-state index in [2.05, 4.69) is 30.7 Å². The standard InChI is InChI=1S/C17H20F3N5O2/c1-4-21-17-24-9(2)7-12(25-17)22-5-6-23-16(26)10-8-11(18)14(20)15(27-3)13(10)19/h7-8H,4-6H2,1-3H3,(H,23,26)(H2,21,22,24,25). The molecule has 0 bridgehead atoms. The maximum Gasteiger partial charge on any atom is 0.254 e. The number of halogens is 3. The molecule has 0 atom stereocenters. The molecule has 0 saturated heterocycles. The zero-order chi connectivity index (χ0) is 20.0. The minimum absolute atomic E-state index is 0.0964. The van der Waals surface area contributed by atoms with E-state index in [1.807, 2.05) is 13.8 Å². The summed E-state index contributed by atoms with van der Waals surface area (Å²) in [4.78, 5) is 20.5. The van der Waals surface area contributed by atoms with Crippen molar-refractivity contribution in [3.63, 3.8) is 0 Å². The number of rotatable bonds is 8. The fourth-order valence-electron chi connectivity index (χ4n) is 2.28. The highest BCUT2D eigenvalue weighted by Gasteiger charge is 2.23. The molecule has 0 aliphatic carbocycles. The number of amides is 1. The molecule has 27 heavy (non-hydrogen) atoms. The molecule has 0 unspecified atom stereocenters. The second kappa shape index (κ2) is 9.06. The first-order valence-electron chi connectivity index (χ1n) is 8.20. The molecule has 2 aromatic rings. The van der Waals surface area contributed by atoms with Crippen LogP contribution in [0.3, 0.4) is 0 Å². The summed E-state index contributed by atoms with van der Waals surface area (Å²) in [7, 11) is 0.984. The lowest BCUT2D eigenvalue weighted by molar-refractivity contribution is 0.0949. The van der Waals surface area contributed by atoms with Crippen LogP contribution >= 0.6 is 0 Å². The summed E-state index contributed by atoms with van der Waals surface area (Å²) in [6, 6.07) is 2.22. The van der Waals surface area contributed by atoms with Crippen molar-refractivity contribution in [1.82, 2.24) is 15.3 Å². The third kappa shape index (κ3) is 4.99. The van der Waals surface area contributed by atoms with E-state index in [-0.39, 0.29) is 13.1 Å². The topological polar surface area (TPSA) is 88.2 Å². The van der Waals surface area contributed by atoms with Crippen LogP contribution in [0.5, 0.6) is 5.75 Å². The van der Waals surface area contributed by atoms with Crippen molar-refractivity contribution in [2.45, 2.75) is 13.8 Å². The monoisotopic (exact) mass is 383 g/mol. The molecule has 146 valence electrons. The van der Waals surface area contributed by atoms with E-state index in [0.717, 1.165) is 12.8 Å². The van der Waals surface area contributed by atoms with Gasteiger partial charge in [0.25, 0.3) is 5.91 Å². The molecule has 1 aromatic carbocycles. The van der Waals surface area contributed by atoms with Gasteiger partial charge in [-0.05, 0) is 19.9 Å². The average molecular weight is 383 g/mol. The molecule has 0 aliphatic heterocycles. The number of aryl methyl sites for hydroxylation is 1. The van der Waals surface area contributed by atoms with E-state index in [1.54, 1.807) is 6.07 Å². The first kappa shape index (κ1) is 20.3. The Balaban J connectivity index is 1.96. The fourth-order valence-corrected chi connectivity index (χ4v) is 2.28. The van der Waals surface area contributed by atoms with Crippen LogP contribution in [0.4, 0.5) is 24.9 Å². The molecule has 2 rings (SSSR count). The van der Waals surface area contributed by atoms with Crippen LogP contribution in [-0.4, -0.2) is 42.6 Å². The molecular formula is C17H20F3N5O2. The summed E-state index contributed by atoms with van der Waals surface area (Å²) >= 11 is 0. The van der Waals surface area contributed by atoms with Crippen LogP contribution < -0.4 is 20.7 Å². The van der Waals surface area contributed by atoms with Gasteiger partial charge in [0.2, 0.25) is 11.8 Å². The van der Waals surface area contributed by atoms with Crippen LogP contribution in [0.1, 0.15) is 23.0 Å². The summed E-state index contributed by atoms with van der Waals surface area (Å²) in [5, 5.41) is 8.40. The van der Waals surface area contributed by atoms with Crippen molar-refractivity contribution >= 4 is 17.7 Å². The number of nitrogens with zero attached hydrogens (tertiary/aromatic N) is 2. The zero-order valence-electron chi connectivity index (χ0n) is 15.1. The molecular weight excluding hydrogens is 363 g/mol. The summed E-state index contributed by atoms with van der Waals surface area (Å²) in [6.07, 6.45) is 0. The summed E-state index contributed by atoms with van der Waals surface area (Å²) < 4.78 is 45.4. The van der Waals surface area contributed by atoms with Crippen molar-refractivity contribution < 1.29 is 22.7 Å². The number of hydrogen-bond donors (Lipinski definition) is 3. The fraction of sp³-hybridized carbons (Fsp3) is 0.353. The summed E-state index contributed by atoms with van der Waals surface area (Å²) in [5.41, 5.74) is 0.113. The van der Waals surface area contributed by atoms with Crippen molar-refractivity contribution in [3.05, 3.63) is 40.8 Å². The van der Waals surface area contributed by atoms with E-state index in [1.165, 1.54) is 0 Å². The zero-order valence-corrected chi connectivity index (χ0v) is 15.1. The Kier molecular flexibility index (Phi) is 6.80. The number of methoxy groups -OCH3 is 1. The van der Waals surface area contributed by atoms with Crippen molar-refractivity contribution in [2.24, 2.45) is 0 Å². The van der Waals surface area contributed by atoms with Crippen LogP contribution in [0, 0.1) is 24.4 Å². The Bertz CT molecular complexity index is 833. The van der Waals surface area contributed by atoms with E-state index in [9.17, 15) is 18.0 Å². The first-order valence-corrected chi connectivity index (χ1v) is 8.20. The number of carbonyl (C=O) groups excluding carboxylic acids is 1. The average Bonchev–Trinajstić information content (AvgIpc) is 2.62. The molecule has 7 nitrogen and oxygen atoms in total. The number of hydrogen-bond acceptors (Lipinski definition) is 6. The van der Waals surface area contributed by atoms with E-state index >= 15 is 0 Å². The maximum atomic E-state index is 14.1. The number of nitrogens with one attached hydrogen (secondary N) is 3. The van der Waals surface area contributed by atoms with Gasteiger partial charge in [0.1, 0.15) is 5.82 Å². The molecule has 3 N–H and O–H groups in total. The lowest BCUT2D eigenvalue weighted by Gasteiger charge is -2.11. The van der Waals surface area contributed by atoms with Gasteiger partial charge in [0.05, 0.1) is 12.7 Å². The van der Waals surface area contributed by atoms with Crippen LogP contribution in [-0.2, 0) is 0 Å². The summed E-state index contributed by atoms with van der Waals surface area (Å²) in [5.74, 6) is -4.92. The minimum Gasteiger partial charge on any atom is -0.491 e. The van der Waals surface area contributed by atoms with Gasteiger partial charge >= 0.3 is 0 Å². The number of anilines is 2. The molecule has 0 fully saturated rings. The highest BCUT2D eigenvalue weighted by atomic mass is 19.2. The number of carbonyl (C=O) groups is 1. The quantitative estimate of drug-likeness (QED) is 0.480. The van der Waals surface area contributed by atoms with Gasteiger partial charge in [-0.15, -0.1) is 0 Å². The molecule has 0 radical (unpaired) electrons. The van der Waals surface area contributed by atoms with Crippen LogP contribution in [0.15, 0.2) is 12.1 Å². The van der Waals surface area contributed by atoms with Gasteiger partial charge in [-0.3, -0.25) is 4.79 Å². The van der Waals surface area contributed by atoms with Crippen LogP contribution in [0.25, 0.3) is 0 Å². The smallest absolute Gasteiger partial charge is 0.254 e. The highest BCUT2D eigenvalue weighted by Crippen LogP contribution is 2.26. The van der Waals surface area contributed by atoms with Crippen LogP contribution in [0.2, 0.25) is 0 Å². The Morgan fingerprint density at radius 3 is 2.52 bits per heavy atom. The van der Waals surface area contributed by atoms with Crippen molar-refractivity contribution in [3.8, 4) is 5.75 Å². The SMILES string of the molecule is CCNc1nc(C)cc(NCCNC(=O)c2cc(F)c(F)c(OC)c2F)n1. The highest BCUT2D eigenvalue weighted by molar-refractivity contribution is 5.95. The predicted octanol–water partition coefficient (Wildman–Crippen LogP) is 2.48. The Morgan fingerprint density at radius 1 is 1.11 bits per heavy atom. The summed E-state index contributed by atoms with van der Waals surface area (Å²) in [6.45, 7) is 4.77. The molecule has 0 spiro atoms. The van der Waals surface area contributed by atoms with Gasteiger partial charge in [-0.25, -0.2) is 13.8 Å². The third-order valence-corrected chi connectivity index (χ3v) is 3.47. The van der Waals surface area contributed by atoms with Gasteiger partial charge in [0, 0.05) is 31.4 Å². The Hall–Kier alpha value is -3.04. The minimum atomic E-state index is -1.48. The second-order valence-electron chi connectivity index (χ2n) is 5.50. The molecule has 1 aromatic heterocycles. The number of benzene rings is 1. The van der Waals surface area contributed by atoms with E-state index in [4.69, 9.17) is 0 Å². The van der Waals surface area contributed by atoms with E-state index in [0.29, 0.717) is 24.4 Å². The predicted molar refractivity (Wildman–Crippen MR) is 94.6 cm³/mol. The Labute approximate surface area is 154 Å². The normalized spacial score (nSPS) is 10.4. The van der Waals surface area contributed by atoms with Gasteiger partial charge in [0.15, 0.2) is 17.4 Å². The second-order valence-corrected chi connectivity index (χ2v) is 5.50. The molecule has 0 saturated carbocycles. The van der Waals surface area contributed by atoms with Gasteiger partial charge in [-0.2, -0.15) is 9.37 Å². The maximum absolute atomic E-state index is 14.1. The number of ether oxygens (including phenoxy) is 1. The van der Waals surface area contributed by atoms with Crippen molar-refractivity contribution in [1.29, 1.82) is 0 Å².